The number of piperidine rings is 3. The third-order valence-corrected chi connectivity index (χ3v) is 5.52. The molecule has 3 heterocycles. The van der Waals surface area contributed by atoms with E-state index in [1.165, 1.54) is 64.6 Å². The van der Waals surface area contributed by atoms with Crippen molar-refractivity contribution in [1.29, 1.82) is 0 Å². The summed E-state index contributed by atoms with van der Waals surface area (Å²) in [7, 11) is 0. The smallest absolute Gasteiger partial charge is 0.0226 e. The highest BCUT2D eigenvalue weighted by molar-refractivity contribution is 4.94. The van der Waals surface area contributed by atoms with Crippen molar-refractivity contribution in [3.05, 3.63) is 0 Å². The summed E-state index contributed by atoms with van der Waals surface area (Å²) >= 11 is 0. The molecule has 4 fully saturated rings. The molecule has 0 spiro atoms. The zero-order valence-corrected chi connectivity index (χ0v) is 11.3. The molecule has 3 aliphatic heterocycles. The molecular formula is C15H28N2. The molecule has 98 valence electrons. The summed E-state index contributed by atoms with van der Waals surface area (Å²) in [6.07, 6.45) is 10.1. The van der Waals surface area contributed by atoms with Gasteiger partial charge in [0.1, 0.15) is 0 Å². The van der Waals surface area contributed by atoms with E-state index in [1.807, 2.05) is 0 Å². The zero-order chi connectivity index (χ0) is 11.7. The van der Waals surface area contributed by atoms with Gasteiger partial charge in [0.15, 0.2) is 0 Å². The largest absolute Gasteiger partial charge is 0.309 e. The van der Waals surface area contributed by atoms with Crippen LogP contribution in [0, 0.1) is 11.8 Å². The molecule has 2 bridgehead atoms. The molecule has 3 unspecified atom stereocenters. The molecule has 17 heavy (non-hydrogen) atoms. The van der Waals surface area contributed by atoms with E-state index in [-0.39, 0.29) is 0 Å². The fourth-order valence-corrected chi connectivity index (χ4v) is 4.34. The van der Waals surface area contributed by atoms with Gasteiger partial charge in [0.05, 0.1) is 0 Å². The molecule has 1 N–H and O–H groups in total. The standard InChI is InChI=1S/C15H28N2/c1-2-12-5-3-4-6-14(12)16-15-11-17-9-7-13(15)8-10-17/h12-16H,2-11H2,1H3. The molecule has 3 atom stereocenters. The molecule has 1 saturated carbocycles. The third-order valence-electron chi connectivity index (χ3n) is 5.52. The predicted octanol–water partition coefficient (Wildman–Crippen LogP) is 2.64. The lowest BCUT2D eigenvalue weighted by molar-refractivity contribution is 0.0576. The van der Waals surface area contributed by atoms with Crippen LogP contribution < -0.4 is 5.32 Å². The Kier molecular flexibility index (Phi) is 3.72. The van der Waals surface area contributed by atoms with Crippen LogP contribution in [0.5, 0.6) is 0 Å². The lowest BCUT2D eigenvalue weighted by atomic mass is 9.79. The van der Waals surface area contributed by atoms with E-state index in [2.05, 4.69) is 17.1 Å². The highest BCUT2D eigenvalue weighted by atomic mass is 15.2. The van der Waals surface area contributed by atoms with Crippen molar-refractivity contribution < 1.29 is 0 Å². The van der Waals surface area contributed by atoms with E-state index in [1.54, 1.807) is 0 Å². The van der Waals surface area contributed by atoms with Gasteiger partial charge < -0.3 is 10.2 Å². The maximum atomic E-state index is 4.05. The Hall–Kier alpha value is -0.0800. The van der Waals surface area contributed by atoms with E-state index in [0.717, 1.165) is 23.9 Å². The topological polar surface area (TPSA) is 15.3 Å². The number of hydrogen-bond donors (Lipinski definition) is 1. The summed E-state index contributed by atoms with van der Waals surface area (Å²) in [5.74, 6) is 1.94. The Morgan fingerprint density at radius 3 is 2.41 bits per heavy atom. The SMILES string of the molecule is CCC1CCCCC1NC1CN2CCC1CC2. The molecular weight excluding hydrogens is 208 g/mol. The normalized spacial score (nSPS) is 46.1. The second kappa shape index (κ2) is 5.27. The maximum absolute atomic E-state index is 4.05. The maximum Gasteiger partial charge on any atom is 0.0226 e. The van der Waals surface area contributed by atoms with Gasteiger partial charge in [-0.3, -0.25) is 0 Å². The van der Waals surface area contributed by atoms with Crippen molar-refractivity contribution in [2.45, 2.75) is 64.0 Å². The van der Waals surface area contributed by atoms with Crippen molar-refractivity contribution in [2.24, 2.45) is 11.8 Å². The van der Waals surface area contributed by atoms with Crippen LogP contribution in [0.1, 0.15) is 51.9 Å². The summed E-state index contributed by atoms with van der Waals surface area (Å²) in [5, 5.41) is 4.05. The van der Waals surface area contributed by atoms with Gasteiger partial charge >= 0.3 is 0 Å². The Bertz CT molecular complexity index is 241. The first kappa shape index (κ1) is 12.0. The van der Waals surface area contributed by atoms with E-state index in [0.29, 0.717) is 0 Å². The minimum absolute atomic E-state index is 0.814. The number of hydrogen-bond acceptors (Lipinski definition) is 2. The average molecular weight is 236 g/mol. The number of nitrogens with zero attached hydrogens (tertiary/aromatic N) is 1. The molecule has 0 aromatic heterocycles. The lowest BCUT2D eigenvalue weighted by Crippen LogP contribution is -2.59. The Morgan fingerprint density at radius 2 is 1.76 bits per heavy atom. The quantitative estimate of drug-likeness (QED) is 0.810. The van der Waals surface area contributed by atoms with Gasteiger partial charge in [0, 0.05) is 18.6 Å². The van der Waals surface area contributed by atoms with Gasteiger partial charge in [0.2, 0.25) is 0 Å². The van der Waals surface area contributed by atoms with Gasteiger partial charge in [-0.1, -0.05) is 26.2 Å². The molecule has 3 saturated heterocycles. The molecule has 0 aromatic carbocycles. The van der Waals surface area contributed by atoms with Crippen LogP contribution >= 0.6 is 0 Å². The summed E-state index contributed by atoms with van der Waals surface area (Å²) in [5.41, 5.74) is 0. The van der Waals surface area contributed by atoms with Crippen LogP contribution in [-0.2, 0) is 0 Å². The average Bonchev–Trinajstić information content (AvgIpc) is 2.41. The first-order valence-electron chi connectivity index (χ1n) is 7.85. The van der Waals surface area contributed by atoms with E-state index in [9.17, 15) is 0 Å². The van der Waals surface area contributed by atoms with Crippen molar-refractivity contribution in [1.82, 2.24) is 10.2 Å². The first-order valence-corrected chi connectivity index (χ1v) is 7.85. The summed E-state index contributed by atoms with van der Waals surface area (Å²) in [4.78, 5) is 2.67. The summed E-state index contributed by atoms with van der Waals surface area (Å²) in [6, 6.07) is 1.65. The van der Waals surface area contributed by atoms with Gasteiger partial charge in [-0.2, -0.15) is 0 Å². The first-order chi connectivity index (χ1) is 8.36. The minimum Gasteiger partial charge on any atom is -0.309 e. The second-order valence-corrected chi connectivity index (χ2v) is 6.47. The van der Waals surface area contributed by atoms with Crippen LogP contribution in [0.15, 0.2) is 0 Å². The molecule has 0 radical (unpaired) electrons. The fraction of sp³-hybridized carbons (Fsp3) is 1.00. The third kappa shape index (κ3) is 2.53. The van der Waals surface area contributed by atoms with E-state index >= 15 is 0 Å². The van der Waals surface area contributed by atoms with Gasteiger partial charge in [0.25, 0.3) is 0 Å². The molecule has 2 heteroatoms. The van der Waals surface area contributed by atoms with Crippen LogP contribution in [0.4, 0.5) is 0 Å². The number of rotatable bonds is 3. The molecule has 0 amide bonds. The fourth-order valence-electron chi connectivity index (χ4n) is 4.34. The minimum atomic E-state index is 0.814. The van der Waals surface area contributed by atoms with E-state index < -0.39 is 0 Å². The van der Waals surface area contributed by atoms with Crippen LogP contribution in [-0.4, -0.2) is 36.6 Å². The van der Waals surface area contributed by atoms with Crippen molar-refractivity contribution in [2.75, 3.05) is 19.6 Å². The highest BCUT2D eigenvalue weighted by Gasteiger charge is 2.36. The van der Waals surface area contributed by atoms with Crippen LogP contribution in [0.2, 0.25) is 0 Å². The van der Waals surface area contributed by atoms with Gasteiger partial charge in [-0.05, 0) is 50.6 Å². The molecule has 0 aromatic rings. The van der Waals surface area contributed by atoms with Crippen LogP contribution in [0.25, 0.3) is 0 Å². The second-order valence-electron chi connectivity index (χ2n) is 6.47. The van der Waals surface area contributed by atoms with Gasteiger partial charge in [-0.15, -0.1) is 0 Å². The van der Waals surface area contributed by atoms with Crippen LogP contribution in [0.3, 0.4) is 0 Å². The van der Waals surface area contributed by atoms with Crippen molar-refractivity contribution in [3.63, 3.8) is 0 Å². The summed E-state index contributed by atoms with van der Waals surface area (Å²) < 4.78 is 0. The zero-order valence-electron chi connectivity index (χ0n) is 11.3. The monoisotopic (exact) mass is 236 g/mol. The molecule has 1 aliphatic carbocycles. The highest BCUT2D eigenvalue weighted by Crippen LogP contribution is 2.31. The van der Waals surface area contributed by atoms with Gasteiger partial charge in [-0.25, -0.2) is 0 Å². The van der Waals surface area contributed by atoms with Crippen molar-refractivity contribution >= 4 is 0 Å². The number of fused-ring (bicyclic) bond motifs is 3. The Balaban J connectivity index is 1.58. The Morgan fingerprint density at radius 1 is 1.00 bits per heavy atom. The summed E-state index contributed by atoms with van der Waals surface area (Å²) in [6.45, 7) is 6.44. The lowest BCUT2D eigenvalue weighted by Gasteiger charge is -2.47. The molecule has 4 rings (SSSR count). The number of nitrogens with one attached hydrogen (secondary N) is 1. The molecule has 4 aliphatic rings. The Labute approximate surface area is 106 Å². The van der Waals surface area contributed by atoms with Crippen molar-refractivity contribution in [3.8, 4) is 0 Å². The predicted molar refractivity (Wildman–Crippen MR) is 72.1 cm³/mol. The molecule has 2 nitrogen and oxygen atoms in total. The van der Waals surface area contributed by atoms with E-state index in [4.69, 9.17) is 0 Å².